The molecule has 6 nitrogen and oxygen atoms in total. The number of allylic oxidation sites excluding steroid dienone is 3. The zero-order valence-electron chi connectivity index (χ0n) is 17.6. The van der Waals surface area contributed by atoms with Crippen molar-refractivity contribution < 1.29 is 13.6 Å². The SMILES string of the molecule is N#CC(C#N)=C1/C(=C/c2cc3oc(-c4ccc5ccccc5c4)nc3o2)C(=O)c2ccccc21. The molecule has 0 radical (unpaired) electrons. The van der Waals surface area contributed by atoms with Crippen molar-refractivity contribution in [3.8, 4) is 23.6 Å². The molecule has 1 aliphatic rings. The van der Waals surface area contributed by atoms with Crippen molar-refractivity contribution in [2.45, 2.75) is 0 Å². The van der Waals surface area contributed by atoms with Crippen LogP contribution in [-0.2, 0) is 0 Å². The van der Waals surface area contributed by atoms with Gasteiger partial charge in [0.25, 0.3) is 5.71 Å². The maximum absolute atomic E-state index is 13.0. The lowest BCUT2D eigenvalue weighted by Gasteiger charge is -2.01. The van der Waals surface area contributed by atoms with Crippen LogP contribution in [-0.4, -0.2) is 10.8 Å². The van der Waals surface area contributed by atoms with E-state index in [1.165, 1.54) is 6.08 Å². The van der Waals surface area contributed by atoms with Crippen LogP contribution in [0.1, 0.15) is 21.7 Å². The third-order valence-corrected chi connectivity index (χ3v) is 5.82. The first-order valence-corrected chi connectivity index (χ1v) is 10.5. The van der Waals surface area contributed by atoms with Gasteiger partial charge in [0.2, 0.25) is 5.89 Å². The Balaban J connectivity index is 1.42. The number of nitriles is 2. The minimum Gasteiger partial charge on any atom is -0.436 e. The molecule has 0 amide bonds. The summed E-state index contributed by atoms with van der Waals surface area (Å²) < 4.78 is 11.8. The van der Waals surface area contributed by atoms with Gasteiger partial charge in [0.1, 0.15) is 23.5 Å². The number of hydrogen-bond donors (Lipinski definition) is 0. The molecule has 0 aliphatic heterocycles. The largest absolute Gasteiger partial charge is 0.436 e. The Labute approximate surface area is 193 Å². The molecule has 0 spiro atoms. The standard InChI is InChI=1S/C28H13N3O3/c29-14-19(15-30)25-21-7-3-4-8-22(21)26(32)23(25)12-20-13-24-28(33-20)31-27(34-24)18-10-9-16-5-1-2-6-17(16)11-18/h1-13H/b23-12-. The number of Topliss-reactive ketones (excluding diaryl/α,β-unsaturated/α-hetero) is 1. The van der Waals surface area contributed by atoms with E-state index in [-0.39, 0.29) is 16.9 Å². The van der Waals surface area contributed by atoms with Crippen molar-refractivity contribution in [1.29, 1.82) is 10.5 Å². The highest BCUT2D eigenvalue weighted by atomic mass is 16.4. The van der Waals surface area contributed by atoms with E-state index in [2.05, 4.69) is 4.98 Å². The molecule has 6 heteroatoms. The second-order valence-corrected chi connectivity index (χ2v) is 7.81. The molecule has 2 aromatic heterocycles. The maximum atomic E-state index is 13.0. The summed E-state index contributed by atoms with van der Waals surface area (Å²) in [5.41, 5.74) is 2.96. The van der Waals surface area contributed by atoms with Gasteiger partial charge in [-0.3, -0.25) is 4.79 Å². The van der Waals surface area contributed by atoms with Crippen LogP contribution in [0.2, 0.25) is 0 Å². The fourth-order valence-corrected chi connectivity index (χ4v) is 4.26. The quantitative estimate of drug-likeness (QED) is 0.235. The van der Waals surface area contributed by atoms with Crippen LogP contribution in [0.3, 0.4) is 0 Å². The van der Waals surface area contributed by atoms with Gasteiger partial charge in [-0.2, -0.15) is 15.5 Å². The van der Waals surface area contributed by atoms with Crippen molar-refractivity contribution in [3.63, 3.8) is 0 Å². The minimum atomic E-state index is -0.272. The monoisotopic (exact) mass is 439 g/mol. The molecule has 0 saturated carbocycles. The second-order valence-electron chi connectivity index (χ2n) is 7.81. The highest BCUT2D eigenvalue weighted by Gasteiger charge is 2.32. The number of oxazole rings is 1. The average molecular weight is 439 g/mol. The first kappa shape index (κ1) is 19.5. The zero-order valence-corrected chi connectivity index (χ0v) is 17.6. The van der Waals surface area contributed by atoms with Crippen LogP contribution in [0.25, 0.3) is 45.2 Å². The summed E-state index contributed by atoms with van der Waals surface area (Å²) >= 11 is 0. The number of carbonyl (C=O) groups excluding carboxylic acids is 1. The highest BCUT2D eigenvalue weighted by Crippen LogP contribution is 2.40. The van der Waals surface area contributed by atoms with Crippen LogP contribution in [0, 0.1) is 22.7 Å². The average Bonchev–Trinajstić information content (AvgIpc) is 3.52. The molecule has 34 heavy (non-hydrogen) atoms. The van der Waals surface area contributed by atoms with Crippen molar-refractivity contribution >= 4 is 39.5 Å². The van der Waals surface area contributed by atoms with Crippen molar-refractivity contribution in [2.75, 3.05) is 0 Å². The summed E-state index contributed by atoms with van der Waals surface area (Å²) in [4.78, 5) is 17.5. The Bertz CT molecular complexity index is 1750. The molecule has 5 aromatic rings. The van der Waals surface area contributed by atoms with E-state index in [4.69, 9.17) is 8.83 Å². The van der Waals surface area contributed by atoms with Gasteiger partial charge in [-0.15, -0.1) is 0 Å². The fraction of sp³-hybridized carbons (Fsp3) is 0. The summed E-state index contributed by atoms with van der Waals surface area (Å²) in [5, 5.41) is 21.1. The predicted molar refractivity (Wildman–Crippen MR) is 126 cm³/mol. The molecule has 0 unspecified atom stereocenters. The van der Waals surface area contributed by atoms with Gasteiger partial charge in [0, 0.05) is 28.3 Å². The lowest BCUT2D eigenvalue weighted by atomic mass is 9.99. The third kappa shape index (κ3) is 2.95. The topological polar surface area (TPSA) is 104 Å². The molecular weight excluding hydrogens is 426 g/mol. The molecule has 6 rings (SSSR count). The Morgan fingerprint density at radius 1 is 0.853 bits per heavy atom. The second kappa shape index (κ2) is 7.44. The molecule has 1 aliphatic carbocycles. The van der Waals surface area contributed by atoms with Gasteiger partial charge >= 0.3 is 0 Å². The lowest BCUT2D eigenvalue weighted by Crippen LogP contribution is -1.95. The van der Waals surface area contributed by atoms with E-state index in [0.717, 1.165) is 16.3 Å². The molecule has 158 valence electrons. The summed E-state index contributed by atoms with van der Waals surface area (Å²) in [7, 11) is 0. The molecule has 0 fully saturated rings. The van der Waals surface area contributed by atoms with Crippen LogP contribution in [0.4, 0.5) is 0 Å². The highest BCUT2D eigenvalue weighted by molar-refractivity contribution is 6.29. The Hall–Kier alpha value is -5.20. The number of benzene rings is 3. The Morgan fingerprint density at radius 3 is 2.35 bits per heavy atom. The normalized spacial score (nSPS) is 13.9. The predicted octanol–water partition coefficient (Wildman–Crippen LogP) is 6.32. The Kier molecular flexibility index (Phi) is 4.26. The van der Waals surface area contributed by atoms with Crippen LogP contribution in [0.5, 0.6) is 0 Å². The van der Waals surface area contributed by atoms with Crippen molar-refractivity contribution in [3.05, 3.63) is 101 Å². The summed E-state index contributed by atoms with van der Waals surface area (Å²) in [6, 6.07) is 26.3. The third-order valence-electron chi connectivity index (χ3n) is 5.82. The van der Waals surface area contributed by atoms with Gasteiger partial charge < -0.3 is 8.83 Å². The number of furan rings is 1. The van der Waals surface area contributed by atoms with Crippen molar-refractivity contribution in [2.24, 2.45) is 0 Å². The number of carbonyl (C=O) groups is 1. The smallest absolute Gasteiger partial charge is 0.266 e. The minimum absolute atomic E-state index is 0.128. The molecule has 0 N–H and O–H groups in total. The molecule has 0 bridgehead atoms. The number of aromatic nitrogens is 1. The van der Waals surface area contributed by atoms with Crippen molar-refractivity contribution in [1.82, 2.24) is 4.98 Å². The molecule has 2 heterocycles. The van der Waals surface area contributed by atoms with E-state index >= 15 is 0 Å². The summed E-state index contributed by atoms with van der Waals surface area (Å²) in [6.07, 6.45) is 1.53. The number of fused-ring (bicyclic) bond motifs is 3. The van der Waals surface area contributed by atoms with E-state index < -0.39 is 0 Å². The van der Waals surface area contributed by atoms with Crippen LogP contribution >= 0.6 is 0 Å². The van der Waals surface area contributed by atoms with Gasteiger partial charge in [0.05, 0.1) is 0 Å². The summed E-state index contributed by atoms with van der Waals surface area (Å²) in [6.45, 7) is 0. The van der Waals surface area contributed by atoms with Gasteiger partial charge in [-0.1, -0.05) is 54.6 Å². The fourth-order valence-electron chi connectivity index (χ4n) is 4.26. The molecule has 3 aromatic carbocycles. The van der Waals surface area contributed by atoms with E-state index in [0.29, 0.717) is 39.6 Å². The van der Waals surface area contributed by atoms with Gasteiger partial charge in [-0.25, -0.2) is 0 Å². The number of ketones is 1. The van der Waals surface area contributed by atoms with E-state index in [9.17, 15) is 15.3 Å². The van der Waals surface area contributed by atoms with E-state index in [1.54, 1.807) is 30.3 Å². The molecule has 0 atom stereocenters. The van der Waals surface area contributed by atoms with Crippen LogP contribution < -0.4 is 0 Å². The Morgan fingerprint density at radius 2 is 1.59 bits per heavy atom. The van der Waals surface area contributed by atoms with E-state index in [1.807, 2.05) is 54.6 Å². The van der Waals surface area contributed by atoms with Gasteiger partial charge in [-0.05, 0) is 34.5 Å². The first-order valence-electron chi connectivity index (χ1n) is 10.5. The number of nitrogens with zero attached hydrogens (tertiary/aromatic N) is 3. The van der Waals surface area contributed by atoms with Gasteiger partial charge in [0.15, 0.2) is 11.4 Å². The number of rotatable bonds is 2. The lowest BCUT2D eigenvalue weighted by molar-refractivity contribution is 0.104. The maximum Gasteiger partial charge on any atom is 0.266 e. The zero-order chi connectivity index (χ0) is 23.2. The number of hydrogen-bond acceptors (Lipinski definition) is 6. The first-order chi connectivity index (χ1) is 16.7. The van der Waals surface area contributed by atoms with Crippen LogP contribution in [0.15, 0.2) is 92.8 Å². The molecular formula is C28H13N3O3. The molecule has 0 saturated heterocycles. The summed E-state index contributed by atoms with van der Waals surface area (Å²) in [5.74, 6) is 0.501.